The Bertz CT molecular complexity index is 199. The van der Waals surface area contributed by atoms with Crippen molar-refractivity contribution in [3.8, 4) is 0 Å². The Labute approximate surface area is 93.7 Å². The Morgan fingerprint density at radius 2 is 1.53 bits per heavy atom. The van der Waals surface area contributed by atoms with E-state index < -0.39 is 0 Å². The van der Waals surface area contributed by atoms with Gasteiger partial charge >= 0.3 is 0 Å². The SMILES string of the molecule is CC(O)C(C)N1CCC2(CCCC2)CC1. The highest BCUT2D eigenvalue weighted by Gasteiger charge is 2.38. The third kappa shape index (κ3) is 2.36. The van der Waals surface area contributed by atoms with Crippen molar-refractivity contribution in [1.29, 1.82) is 0 Å². The van der Waals surface area contributed by atoms with Crippen molar-refractivity contribution >= 4 is 0 Å². The molecule has 0 aromatic heterocycles. The number of piperidine rings is 1. The molecule has 2 nitrogen and oxygen atoms in total. The van der Waals surface area contributed by atoms with Gasteiger partial charge in [-0.2, -0.15) is 0 Å². The van der Waals surface area contributed by atoms with Gasteiger partial charge in [-0.3, -0.25) is 4.90 Å². The molecular weight excluding hydrogens is 186 g/mol. The predicted octanol–water partition coefficient (Wildman–Crippen LogP) is 2.41. The molecule has 1 saturated heterocycles. The van der Waals surface area contributed by atoms with E-state index in [1.807, 2.05) is 6.92 Å². The molecule has 15 heavy (non-hydrogen) atoms. The molecule has 2 aliphatic rings. The lowest BCUT2D eigenvalue weighted by Crippen LogP contribution is -2.47. The first-order chi connectivity index (χ1) is 7.13. The van der Waals surface area contributed by atoms with Crippen LogP contribution in [0.4, 0.5) is 0 Å². The quantitative estimate of drug-likeness (QED) is 0.758. The fraction of sp³-hybridized carbons (Fsp3) is 1.00. The zero-order valence-corrected chi connectivity index (χ0v) is 10.2. The molecule has 88 valence electrons. The fourth-order valence-electron chi connectivity index (χ4n) is 3.34. The average molecular weight is 211 g/mol. The van der Waals surface area contributed by atoms with Gasteiger partial charge in [0.15, 0.2) is 0 Å². The average Bonchev–Trinajstić information content (AvgIpc) is 2.67. The second-order valence-corrected chi connectivity index (χ2v) is 5.72. The summed E-state index contributed by atoms with van der Waals surface area (Å²) in [6, 6.07) is 0.337. The first-order valence-corrected chi connectivity index (χ1v) is 6.55. The molecule has 1 spiro atoms. The molecule has 0 radical (unpaired) electrons. The third-order valence-corrected chi connectivity index (χ3v) is 4.80. The summed E-state index contributed by atoms with van der Waals surface area (Å²) in [6.45, 7) is 6.46. The van der Waals surface area contributed by atoms with Crippen LogP contribution < -0.4 is 0 Å². The third-order valence-electron chi connectivity index (χ3n) is 4.80. The van der Waals surface area contributed by atoms with Crippen molar-refractivity contribution in [3.05, 3.63) is 0 Å². The van der Waals surface area contributed by atoms with Crippen LogP contribution in [-0.4, -0.2) is 35.2 Å². The van der Waals surface area contributed by atoms with Gasteiger partial charge in [0, 0.05) is 6.04 Å². The van der Waals surface area contributed by atoms with E-state index in [-0.39, 0.29) is 6.10 Å². The van der Waals surface area contributed by atoms with Crippen LogP contribution in [-0.2, 0) is 0 Å². The number of nitrogens with zero attached hydrogens (tertiary/aromatic N) is 1. The van der Waals surface area contributed by atoms with Gasteiger partial charge in [0.2, 0.25) is 0 Å². The lowest BCUT2D eigenvalue weighted by atomic mass is 9.77. The summed E-state index contributed by atoms with van der Waals surface area (Å²) < 4.78 is 0. The van der Waals surface area contributed by atoms with Gasteiger partial charge in [0.1, 0.15) is 0 Å². The first-order valence-electron chi connectivity index (χ1n) is 6.55. The van der Waals surface area contributed by atoms with E-state index in [1.165, 1.54) is 51.6 Å². The normalized spacial score (nSPS) is 30.6. The molecule has 1 aliphatic heterocycles. The second-order valence-electron chi connectivity index (χ2n) is 5.72. The van der Waals surface area contributed by atoms with Crippen molar-refractivity contribution < 1.29 is 5.11 Å². The molecule has 1 aliphatic carbocycles. The van der Waals surface area contributed by atoms with Crippen molar-refractivity contribution in [1.82, 2.24) is 4.90 Å². The lowest BCUT2D eigenvalue weighted by molar-refractivity contribution is 0.0246. The molecule has 2 heteroatoms. The molecule has 2 fully saturated rings. The van der Waals surface area contributed by atoms with Gasteiger partial charge in [-0.15, -0.1) is 0 Å². The van der Waals surface area contributed by atoms with Crippen LogP contribution >= 0.6 is 0 Å². The summed E-state index contributed by atoms with van der Waals surface area (Å²) in [5, 5.41) is 9.59. The lowest BCUT2D eigenvalue weighted by Gasteiger charge is -2.42. The molecule has 1 N–H and O–H groups in total. The fourth-order valence-corrected chi connectivity index (χ4v) is 3.34. The molecule has 0 aromatic carbocycles. The van der Waals surface area contributed by atoms with Crippen LogP contribution in [0.1, 0.15) is 52.4 Å². The smallest absolute Gasteiger partial charge is 0.0664 e. The molecule has 0 aromatic rings. The van der Waals surface area contributed by atoms with E-state index in [9.17, 15) is 5.11 Å². The Hall–Kier alpha value is -0.0800. The van der Waals surface area contributed by atoms with Gasteiger partial charge in [-0.05, 0) is 58.0 Å². The van der Waals surface area contributed by atoms with E-state index in [0.717, 1.165) is 0 Å². The van der Waals surface area contributed by atoms with E-state index in [0.29, 0.717) is 11.5 Å². The van der Waals surface area contributed by atoms with Crippen molar-refractivity contribution in [3.63, 3.8) is 0 Å². The monoisotopic (exact) mass is 211 g/mol. The van der Waals surface area contributed by atoms with Crippen LogP contribution in [0.5, 0.6) is 0 Å². The van der Waals surface area contributed by atoms with Crippen LogP contribution in [0.2, 0.25) is 0 Å². The maximum absolute atomic E-state index is 9.59. The molecule has 0 amide bonds. The molecule has 2 rings (SSSR count). The number of aliphatic hydroxyl groups excluding tert-OH is 1. The second kappa shape index (κ2) is 4.42. The number of aliphatic hydroxyl groups is 1. The number of rotatable bonds is 2. The van der Waals surface area contributed by atoms with Crippen molar-refractivity contribution in [2.24, 2.45) is 5.41 Å². The van der Waals surface area contributed by atoms with Gasteiger partial charge in [0.05, 0.1) is 6.10 Å². The van der Waals surface area contributed by atoms with Crippen LogP contribution in [0.3, 0.4) is 0 Å². The molecule has 0 bridgehead atoms. The molecule has 2 atom stereocenters. The van der Waals surface area contributed by atoms with Gasteiger partial charge in [-0.25, -0.2) is 0 Å². The van der Waals surface area contributed by atoms with Gasteiger partial charge < -0.3 is 5.11 Å². The zero-order chi connectivity index (χ0) is 10.9. The predicted molar refractivity (Wildman–Crippen MR) is 62.9 cm³/mol. The standard InChI is InChI=1S/C13H25NO/c1-11(12(2)15)14-9-7-13(8-10-14)5-3-4-6-13/h11-12,15H,3-10H2,1-2H3. The largest absolute Gasteiger partial charge is 0.392 e. The van der Waals surface area contributed by atoms with Gasteiger partial charge in [0.25, 0.3) is 0 Å². The summed E-state index contributed by atoms with van der Waals surface area (Å²) >= 11 is 0. The van der Waals surface area contributed by atoms with Crippen LogP contribution in [0, 0.1) is 5.41 Å². The first kappa shape index (κ1) is 11.4. The maximum Gasteiger partial charge on any atom is 0.0664 e. The Kier molecular flexibility index (Phi) is 3.36. The molecule has 1 saturated carbocycles. The van der Waals surface area contributed by atoms with E-state index in [2.05, 4.69) is 11.8 Å². The summed E-state index contributed by atoms with van der Waals surface area (Å²) in [4.78, 5) is 2.47. The van der Waals surface area contributed by atoms with Crippen LogP contribution in [0.15, 0.2) is 0 Å². The molecule has 2 unspecified atom stereocenters. The number of likely N-dealkylation sites (tertiary alicyclic amines) is 1. The van der Waals surface area contributed by atoms with E-state index >= 15 is 0 Å². The van der Waals surface area contributed by atoms with E-state index in [1.54, 1.807) is 0 Å². The highest BCUT2D eigenvalue weighted by atomic mass is 16.3. The topological polar surface area (TPSA) is 23.5 Å². The Balaban J connectivity index is 1.86. The minimum atomic E-state index is -0.192. The van der Waals surface area contributed by atoms with E-state index in [4.69, 9.17) is 0 Å². The summed E-state index contributed by atoms with van der Waals surface area (Å²) in [6.07, 6.45) is 8.36. The maximum atomic E-state index is 9.59. The highest BCUT2D eigenvalue weighted by Crippen LogP contribution is 2.46. The summed E-state index contributed by atoms with van der Waals surface area (Å²) in [5.74, 6) is 0. The number of hydrogen-bond donors (Lipinski definition) is 1. The zero-order valence-electron chi connectivity index (χ0n) is 10.2. The summed E-state index contributed by atoms with van der Waals surface area (Å²) in [5.41, 5.74) is 0.703. The van der Waals surface area contributed by atoms with Crippen molar-refractivity contribution in [2.75, 3.05) is 13.1 Å². The van der Waals surface area contributed by atoms with Crippen molar-refractivity contribution in [2.45, 2.75) is 64.5 Å². The minimum Gasteiger partial charge on any atom is -0.392 e. The Morgan fingerprint density at radius 3 is 2.00 bits per heavy atom. The Morgan fingerprint density at radius 1 is 1.00 bits per heavy atom. The minimum absolute atomic E-state index is 0.192. The highest BCUT2D eigenvalue weighted by molar-refractivity contribution is 4.91. The number of hydrogen-bond acceptors (Lipinski definition) is 2. The molecule has 1 heterocycles. The van der Waals surface area contributed by atoms with Crippen LogP contribution in [0.25, 0.3) is 0 Å². The van der Waals surface area contributed by atoms with Gasteiger partial charge in [-0.1, -0.05) is 12.8 Å². The summed E-state index contributed by atoms with van der Waals surface area (Å²) in [7, 11) is 0. The molecular formula is C13H25NO.